The summed E-state index contributed by atoms with van der Waals surface area (Å²) < 4.78 is 5.60. The van der Waals surface area contributed by atoms with Crippen molar-refractivity contribution < 1.29 is 24.2 Å². The largest absolute Gasteiger partial charge is 0.480 e. The molecule has 7 heteroatoms. The van der Waals surface area contributed by atoms with Gasteiger partial charge in [-0.15, -0.1) is 0 Å². The molecule has 0 bridgehead atoms. The first-order valence-electron chi connectivity index (χ1n) is 12.4. The molecular weight excluding hydrogens is 444 g/mol. The van der Waals surface area contributed by atoms with Gasteiger partial charge in [-0.05, 0) is 46.9 Å². The molecule has 1 unspecified atom stereocenters. The van der Waals surface area contributed by atoms with Crippen LogP contribution >= 0.6 is 0 Å². The molecule has 0 aliphatic heterocycles. The Balaban J connectivity index is 1.68. The van der Waals surface area contributed by atoms with Crippen LogP contribution in [0, 0.1) is 11.8 Å². The van der Waals surface area contributed by atoms with Crippen molar-refractivity contribution in [2.45, 2.75) is 65.0 Å². The highest BCUT2D eigenvalue weighted by atomic mass is 16.5. The molecule has 3 atom stereocenters. The lowest BCUT2D eigenvalue weighted by Crippen LogP contribution is -2.53. The molecule has 188 valence electrons. The minimum atomic E-state index is -1.09. The first-order valence-corrected chi connectivity index (χ1v) is 12.4. The summed E-state index contributed by atoms with van der Waals surface area (Å²) in [5.74, 6) is -1.60. The van der Waals surface area contributed by atoms with E-state index in [-0.39, 0.29) is 18.4 Å². The fraction of sp³-hybridized carbons (Fsp3) is 0.464. The first-order chi connectivity index (χ1) is 16.7. The van der Waals surface area contributed by atoms with Gasteiger partial charge in [-0.2, -0.15) is 0 Å². The zero-order valence-electron chi connectivity index (χ0n) is 20.9. The van der Waals surface area contributed by atoms with Gasteiger partial charge in [0.15, 0.2) is 0 Å². The van der Waals surface area contributed by atoms with E-state index in [2.05, 4.69) is 22.8 Å². The van der Waals surface area contributed by atoms with Gasteiger partial charge in [-0.1, -0.05) is 82.6 Å². The standard InChI is InChI=1S/C28H36N2O5/c1-5-18(4)25(27(32)33)30-26(31)24(15-14-17(2)3)29-28(34)35-16-23-21-12-8-6-10-19(21)20-11-7-9-13-22(20)23/h6-13,17-18,23-25H,5,14-16H2,1-4H3,(H,29,34)(H,30,31)(H,32,33)/t18-,24?,25-/m0/s1. The number of benzene rings is 2. The van der Waals surface area contributed by atoms with E-state index >= 15 is 0 Å². The highest BCUT2D eigenvalue weighted by Gasteiger charge is 2.31. The van der Waals surface area contributed by atoms with Crippen molar-refractivity contribution in [3.05, 3.63) is 59.7 Å². The van der Waals surface area contributed by atoms with Crippen molar-refractivity contribution >= 4 is 18.0 Å². The topological polar surface area (TPSA) is 105 Å². The van der Waals surface area contributed by atoms with Crippen molar-refractivity contribution in [1.82, 2.24) is 10.6 Å². The second kappa shape index (κ2) is 11.9. The predicted molar refractivity (Wildman–Crippen MR) is 135 cm³/mol. The van der Waals surface area contributed by atoms with Gasteiger partial charge in [0.1, 0.15) is 18.7 Å². The summed E-state index contributed by atoms with van der Waals surface area (Å²) in [7, 11) is 0. The lowest BCUT2D eigenvalue weighted by molar-refractivity contribution is -0.143. The lowest BCUT2D eigenvalue weighted by Gasteiger charge is -2.25. The first kappa shape index (κ1) is 26.3. The predicted octanol–water partition coefficient (Wildman–Crippen LogP) is 4.95. The van der Waals surface area contributed by atoms with E-state index in [0.717, 1.165) is 22.3 Å². The van der Waals surface area contributed by atoms with Gasteiger partial charge in [0.05, 0.1) is 0 Å². The van der Waals surface area contributed by atoms with Crippen LogP contribution < -0.4 is 10.6 Å². The van der Waals surface area contributed by atoms with E-state index in [0.29, 0.717) is 25.2 Å². The molecule has 2 aromatic rings. The summed E-state index contributed by atoms with van der Waals surface area (Å²) >= 11 is 0. The van der Waals surface area contributed by atoms with Crippen LogP contribution in [-0.2, 0) is 14.3 Å². The monoisotopic (exact) mass is 480 g/mol. The van der Waals surface area contributed by atoms with Crippen molar-refractivity contribution in [2.75, 3.05) is 6.61 Å². The molecule has 0 heterocycles. The third-order valence-electron chi connectivity index (χ3n) is 6.76. The molecule has 7 nitrogen and oxygen atoms in total. The molecular formula is C28H36N2O5. The summed E-state index contributed by atoms with van der Waals surface area (Å²) in [4.78, 5) is 37.4. The quantitative estimate of drug-likeness (QED) is 0.422. The minimum Gasteiger partial charge on any atom is -0.480 e. The van der Waals surface area contributed by atoms with Gasteiger partial charge >= 0.3 is 12.1 Å². The Bertz CT molecular complexity index is 1010. The number of carbonyl (C=O) groups is 3. The Labute approximate surface area is 207 Å². The fourth-order valence-electron chi connectivity index (χ4n) is 4.49. The number of aliphatic carboxylic acids is 1. The van der Waals surface area contributed by atoms with Crippen LogP contribution in [0.2, 0.25) is 0 Å². The Morgan fingerprint density at radius 3 is 2.00 bits per heavy atom. The normalized spacial score (nSPS) is 15.0. The molecule has 1 aliphatic carbocycles. The molecule has 0 saturated heterocycles. The van der Waals surface area contributed by atoms with Crippen LogP contribution in [-0.4, -0.2) is 41.8 Å². The van der Waals surface area contributed by atoms with Crippen LogP contribution in [0.4, 0.5) is 4.79 Å². The third kappa shape index (κ3) is 6.41. The van der Waals surface area contributed by atoms with Crippen LogP contribution in [0.1, 0.15) is 64.0 Å². The number of amides is 2. The maximum absolute atomic E-state index is 13.0. The second-order valence-corrected chi connectivity index (χ2v) is 9.70. The maximum Gasteiger partial charge on any atom is 0.407 e. The summed E-state index contributed by atoms with van der Waals surface area (Å²) in [5.41, 5.74) is 4.48. The number of carboxylic acids is 1. The highest BCUT2D eigenvalue weighted by molar-refractivity contribution is 5.89. The highest BCUT2D eigenvalue weighted by Crippen LogP contribution is 2.44. The van der Waals surface area contributed by atoms with Crippen LogP contribution in [0.15, 0.2) is 48.5 Å². The molecule has 0 aromatic heterocycles. The third-order valence-corrected chi connectivity index (χ3v) is 6.76. The maximum atomic E-state index is 13.0. The molecule has 0 spiro atoms. The Morgan fingerprint density at radius 2 is 1.49 bits per heavy atom. The number of ether oxygens (including phenoxy) is 1. The lowest BCUT2D eigenvalue weighted by atomic mass is 9.98. The molecule has 2 aromatic carbocycles. The number of alkyl carbamates (subject to hydrolysis) is 1. The van der Waals surface area contributed by atoms with Crippen LogP contribution in [0.25, 0.3) is 11.1 Å². The van der Waals surface area contributed by atoms with Gasteiger partial charge in [0, 0.05) is 5.92 Å². The van der Waals surface area contributed by atoms with Gasteiger partial charge in [0.25, 0.3) is 0 Å². The Kier molecular flexibility index (Phi) is 8.90. The van der Waals surface area contributed by atoms with Crippen molar-refractivity contribution in [1.29, 1.82) is 0 Å². The van der Waals surface area contributed by atoms with E-state index < -0.39 is 30.1 Å². The number of rotatable bonds is 11. The van der Waals surface area contributed by atoms with Gasteiger partial charge in [0.2, 0.25) is 5.91 Å². The molecule has 0 fully saturated rings. The molecule has 0 radical (unpaired) electrons. The SMILES string of the molecule is CC[C@H](C)[C@H](NC(=O)C(CCC(C)C)NC(=O)OCC1c2ccccc2-c2ccccc21)C(=O)O. The fourth-order valence-corrected chi connectivity index (χ4v) is 4.49. The van der Waals surface area contributed by atoms with Crippen molar-refractivity contribution in [3.8, 4) is 11.1 Å². The summed E-state index contributed by atoms with van der Waals surface area (Å²) in [5, 5.41) is 14.8. The molecule has 35 heavy (non-hydrogen) atoms. The van der Waals surface area contributed by atoms with E-state index in [1.165, 1.54) is 0 Å². The van der Waals surface area contributed by atoms with Crippen LogP contribution in [0.3, 0.4) is 0 Å². The number of carbonyl (C=O) groups excluding carboxylic acids is 2. The van der Waals surface area contributed by atoms with Gasteiger partial charge in [-0.3, -0.25) is 4.79 Å². The molecule has 1 aliphatic rings. The zero-order valence-corrected chi connectivity index (χ0v) is 20.9. The van der Waals surface area contributed by atoms with E-state index in [1.54, 1.807) is 6.92 Å². The van der Waals surface area contributed by atoms with E-state index in [1.807, 2.05) is 57.2 Å². The molecule has 0 saturated carbocycles. The van der Waals surface area contributed by atoms with Crippen molar-refractivity contribution in [2.24, 2.45) is 11.8 Å². The van der Waals surface area contributed by atoms with E-state index in [9.17, 15) is 19.5 Å². The van der Waals surface area contributed by atoms with Crippen molar-refractivity contribution in [3.63, 3.8) is 0 Å². The van der Waals surface area contributed by atoms with Gasteiger partial charge in [-0.25, -0.2) is 9.59 Å². The average Bonchev–Trinajstić information content (AvgIpc) is 3.16. The van der Waals surface area contributed by atoms with Gasteiger partial charge < -0.3 is 20.5 Å². The number of hydrogen-bond donors (Lipinski definition) is 3. The summed E-state index contributed by atoms with van der Waals surface area (Å²) in [6.07, 6.45) is 1.00. The summed E-state index contributed by atoms with van der Waals surface area (Å²) in [6.45, 7) is 7.85. The average molecular weight is 481 g/mol. The number of carboxylic acid groups (broad SMARTS) is 1. The Morgan fingerprint density at radius 1 is 0.914 bits per heavy atom. The smallest absolute Gasteiger partial charge is 0.407 e. The number of fused-ring (bicyclic) bond motifs is 3. The zero-order chi connectivity index (χ0) is 25.5. The molecule has 3 rings (SSSR count). The van der Waals surface area contributed by atoms with Crippen LogP contribution in [0.5, 0.6) is 0 Å². The second-order valence-electron chi connectivity index (χ2n) is 9.70. The van der Waals surface area contributed by atoms with E-state index in [4.69, 9.17) is 4.74 Å². The Hall–Kier alpha value is -3.35. The number of nitrogens with one attached hydrogen (secondary N) is 2. The minimum absolute atomic E-state index is 0.0853. The number of hydrogen-bond acceptors (Lipinski definition) is 4. The summed E-state index contributed by atoms with van der Waals surface area (Å²) in [6, 6.07) is 14.3. The molecule has 3 N–H and O–H groups in total. The molecule has 2 amide bonds.